The van der Waals surface area contributed by atoms with Gasteiger partial charge in [0.1, 0.15) is 0 Å². The zero-order valence-electron chi connectivity index (χ0n) is 8.28. The molecule has 0 atom stereocenters. The van der Waals surface area contributed by atoms with Crippen LogP contribution in [0.4, 0.5) is 0 Å². The van der Waals surface area contributed by atoms with Crippen molar-refractivity contribution >= 4 is 38.4 Å². The quantitative estimate of drug-likeness (QED) is 0.854. The number of rotatable bonds is 2. The van der Waals surface area contributed by atoms with Crippen LogP contribution in [0.15, 0.2) is 45.4 Å². The Balaban J connectivity index is 2.66. The maximum Gasteiger partial charge on any atom is 0.261 e. The molecule has 16 heavy (non-hydrogen) atoms. The fourth-order valence-corrected chi connectivity index (χ4v) is 1.91. The van der Waals surface area contributed by atoms with E-state index in [2.05, 4.69) is 27.5 Å². The lowest BCUT2D eigenvalue weighted by Crippen LogP contribution is -2.20. The van der Waals surface area contributed by atoms with Crippen LogP contribution >= 0.6 is 27.5 Å². The summed E-state index contributed by atoms with van der Waals surface area (Å²) in [6, 6.07) is 5.35. The summed E-state index contributed by atoms with van der Waals surface area (Å²) in [6.07, 6.45) is 1.48. The van der Waals surface area contributed by atoms with Crippen LogP contribution in [0.2, 0.25) is 0 Å². The van der Waals surface area contributed by atoms with Crippen LogP contribution in [0.5, 0.6) is 0 Å². The third-order valence-corrected chi connectivity index (χ3v) is 2.74. The van der Waals surface area contributed by atoms with Gasteiger partial charge < -0.3 is 0 Å². The molecule has 0 saturated heterocycles. The van der Waals surface area contributed by atoms with Crippen LogP contribution < -0.4 is 5.56 Å². The second kappa shape index (κ2) is 4.39. The normalized spacial score (nSPS) is 10.6. The van der Waals surface area contributed by atoms with Crippen LogP contribution in [-0.2, 0) is 6.54 Å². The molecule has 5 heteroatoms. The molecule has 0 bridgehead atoms. The van der Waals surface area contributed by atoms with Crippen molar-refractivity contribution in [3.63, 3.8) is 0 Å². The molecule has 2 aromatic rings. The van der Waals surface area contributed by atoms with Crippen molar-refractivity contribution in [3.8, 4) is 0 Å². The minimum atomic E-state index is -0.112. The average molecular weight is 300 g/mol. The van der Waals surface area contributed by atoms with Gasteiger partial charge in [-0.05, 0) is 18.2 Å². The minimum absolute atomic E-state index is 0.112. The van der Waals surface area contributed by atoms with E-state index in [1.54, 1.807) is 12.1 Å². The number of nitrogens with zero attached hydrogens (tertiary/aromatic N) is 2. The number of fused-ring (bicyclic) bond motifs is 1. The Morgan fingerprint density at radius 3 is 3.00 bits per heavy atom. The highest BCUT2D eigenvalue weighted by Crippen LogP contribution is 2.15. The Morgan fingerprint density at radius 1 is 1.56 bits per heavy atom. The second-order valence-electron chi connectivity index (χ2n) is 3.36. The summed E-state index contributed by atoms with van der Waals surface area (Å²) in [6.45, 7) is 3.83. The van der Waals surface area contributed by atoms with Gasteiger partial charge in [-0.3, -0.25) is 9.36 Å². The topological polar surface area (TPSA) is 34.9 Å². The van der Waals surface area contributed by atoms with Crippen molar-refractivity contribution in [3.05, 3.63) is 51.0 Å². The molecule has 1 aromatic carbocycles. The van der Waals surface area contributed by atoms with Crippen LogP contribution in [0.3, 0.4) is 0 Å². The van der Waals surface area contributed by atoms with Crippen LogP contribution in [0, 0.1) is 0 Å². The van der Waals surface area contributed by atoms with E-state index in [0.29, 0.717) is 15.9 Å². The maximum atomic E-state index is 12.0. The molecule has 0 radical (unpaired) electrons. The molecular formula is C11H8BrClN2O. The molecule has 0 spiro atoms. The average Bonchev–Trinajstić information content (AvgIpc) is 2.22. The van der Waals surface area contributed by atoms with E-state index in [9.17, 15) is 4.79 Å². The number of hydrogen-bond donors (Lipinski definition) is 0. The summed E-state index contributed by atoms with van der Waals surface area (Å²) in [5.41, 5.74) is 0.551. The highest BCUT2D eigenvalue weighted by molar-refractivity contribution is 9.10. The first kappa shape index (κ1) is 11.4. The summed E-state index contributed by atoms with van der Waals surface area (Å²) in [4.78, 5) is 16.2. The lowest BCUT2D eigenvalue weighted by Gasteiger charge is -2.05. The molecule has 0 saturated carbocycles. The zero-order valence-corrected chi connectivity index (χ0v) is 10.6. The van der Waals surface area contributed by atoms with Gasteiger partial charge in [-0.2, -0.15) is 0 Å². The maximum absolute atomic E-state index is 12.0. The van der Waals surface area contributed by atoms with Crippen LogP contribution in [-0.4, -0.2) is 9.55 Å². The highest BCUT2D eigenvalue weighted by Gasteiger charge is 2.04. The number of halogens is 2. The third-order valence-electron chi connectivity index (χ3n) is 2.13. The fourth-order valence-electron chi connectivity index (χ4n) is 1.43. The largest absolute Gasteiger partial charge is 0.293 e. The van der Waals surface area contributed by atoms with E-state index in [0.717, 1.165) is 4.47 Å². The molecule has 0 N–H and O–H groups in total. The standard InChI is InChI=1S/C11H8BrClN2O/c1-7(13)5-15-6-14-10-4-8(12)2-3-9(10)11(15)16/h2-4,6H,1,5H2. The fraction of sp³-hybridized carbons (Fsp3) is 0.0909. The van der Waals surface area contributed by atoms with Crippen molar-refractivity contribution in [2.75, 3.05) is 0 Å². The molecule has 3 nitrogen and oxygen atoms in total. The number of aromatic nitrogens is 2. The van der Waals surface area contributed by atoms with Gasteiger partial charge in [0.25, 0.3) is 5.56 Å². The van der Waals surface area contributed by atoms with Crippen LogP contribution in [0.1, 0.15) is 0 Å². The summed E-state index contributed by atoms with van der Waals surface area (Å²) in [5, 5.41) is 0.976. The van der Waals surface area contributed by atoms with Gasteiger partial charge >= 0.3 is 0 Å². The molecule has 0 unspecified atom stereocenters. The van der Waals surface area contributed by atoms with Gasteiger partial charge in [-0.25, -0.2) is 4.98 Å². The first-order chi connectivity index (χ1) is 7.58. The Morgan fingerprint density at radius 2 is 2.31 bits per heavy atom. The summed E-state index contributed by atoms with van der Waals surface area (Å²) >= 11 is 9.00. The highest BCUT2D eigenvalue weighted by atomic mass is 79.9. The minimum Gasteiger partial charge on any atom is -0.293 e. The molecule has 0 aliphatic carbocycles. The molecule has 0 aliphatic rings. The van der Waals surface area contributed by atoms with Gasteiger partial charge in [0.2, 0.25) is 0 Å². The van der Waals surface area contributed by atoms with Gasteiger partial charge in [0, 0.05) is 9.51 Å². The van der Waals surface area contributed by atoms with Crippen molar-refractivity contribution in [1.82, 2.24) is 9.55 Å². The molecule has 0 amide bonds. The molecule has 2 rings (SSSR count). The molecule has 82 valence electrons. The molecule has 0 aliphatic heterocycles. The second-order valence-corrected chi connectivity index (χ2v) is 4.81. The number of hydrogen-bond acceptors (Lipinski definition) is 2. The molecule has 1 heterocycles. The van der Waals surface area contributed by atoms with E-state index in [1.807, 2.05) is 6.07 Å². The van der Waals surface area contributed by atoms with Crippen molar-refractivity contribution < 1.29 is 0 Å². The summed E-state index contributed by atoms with van der Waals surface area (Å²) < 4.78 is 2.33. The van der Waals surface area contributed by atoms with Crippen LogP contribution in [0.25, 0.3) is 10.9 Å². The molecular weight excluding hydrogens is 291 g/mol. The van der Waals surface area contributed by atoms with Crippen molar-refractivity contribution in [1.29, 1.82) is 0 Å². The predicted molar refractivity (Wildman–Crippen MR) is 68.7 cm³/mol. The van der Waals surface area contributed by atoms with Gasteiger partial charge in [-0.15, -0.1) is 0 Å². The van der Waals surface area contributed by atoms with Crippen molar-refractivity contribution in [2.24, 2.45) is 0 Å². The van der Waals surface area contributed by atoms with E-state index < -0.39 is 0 Å². The van der Waals surface area contributed by atoms with Crippen molar-refractivity contribution in [2.45, 2.75) is 6.54 Å². The predicted octanol–water partition coefficient (Wildman–Crippen LogP) is 2.91. The molecule has 1 aromatic heterocycles. The summed E-state index contributed by atoms with van der Waals surface area (Å²) in [5.74, 6) is 0. The Bertz CT molecular complexity index is 621. The monoisotopic (exact) mass is 298 g/mol. The number of allylic oxidation sites excluding steroid dienone is 1. The van der Waals surface area contributed by atoms with E-state index in [4.69, 9.17) is 11.6 Å². The SMILES string of the molecule is C=C(Cl)Cn1cnc2cc(Br)ccc2c1=O. The Hall–Kier alpha value is -1.13. The molecule has 0 fully saturated rings. The summed E-state index contributed by atoms with van der Waals surface area (Å²) in [7, 11) is 0. The Kier molecular flexibility index (Phi) is 3.12. The number of benzene rings is 1. The first-order valence-corrected chi connectivity index (χ1v) is 5.73. The Labute approximate surface area is 105 Å². The van der Waals surface area contributed by atoms with Gasteiger partial charge in [0.15, 0.2) is 0 Å². The third kappa shape index (κ3) is 2.18. The first-order valence-electron chi connectivity index (χ1n) is 4.56. The van der Waals surface area contributed by atoms with E-state index in [1.165, 1.54) is 10.9 Å². The van der Waals surface area contributed by atoms with Gasteiger partial charge in [0.05, 0.1) is 23.8 Å². The smallest absolute Gasteiger partial charge is 0.261 e. The van der Waals surface area contributed by atoms with Gasteiger partial charge in [-0.1, -0.05) is 34.1 Å². The lowest BCUT2D eigenvalue weighted by molar-refractivity contribution is 0.759. The van der Waals surface area contributed by atoms with E-state index >= 15 is 0 Å². The van der Waals surface area contributed by atoms with E-state index in [-0.39, 0.29) is 12.1 Å². The lowest BCUT2D eigenvalue weighted by atomic mass is 10.2. The zero-order chi connectivity index (χ0) is 11.7.